The molecule has 3 nitrogen and oxygen atoms in total. The zero-order valence-electron chi connectivity index (χ0n) is 11.0. The van der Waals surface area contributed by atoms with E-state index in [1.165, 1.54) is 0 Å². The molecule has 0 atom stereocenters. The minimum Gasteiger partial charge on any atom is -0.303 e. The van der Waals surface area contributed by atoms with Gasteiger partial charge in [-0.3, -0.25) is 0 Å². The van der Waals surface area contributed by atoms with Crippen LogP contribution in [0.4, 0.5) is 0 Å². The highest BCUT2D eigenvalue weighted by molar-refractivity contribution is 6.30. The molecule has 19 heavy (non-hydrogen) atoms. The number of halogens is 1. The van der Waals surface area contributed by atoms with E-state index >= 15 is 0 Å². The number of rotatable bonds is 6. The first kappa shape index (κ1) is 13.8. The minimum absolute atomic E-state index is 0.512. The van der Waals surface area contributed by atoms with Gasteiger partial charge in [0.1, 0.15) is 6.29 Å². The molecule has 1 aromatic heterocycles. The summed E-state index contributed by atoms with van der Waals surface area (Å²) in [6.07, 6.45) is 4.15. The Morgan fingerprint density at radius 1 is 1.32 bits per heavy atom. The monoisotopic (exact) mass is 276 g/mol. The molecule has 0 amide bonds. The summed E-state index contributed by atoms with van der Waals surface area (Å²) < 4.78 is 1.89. The van der Waals surface area contributed by atoms with Crippen LogP contribution in [-0.4, -0.2) is 16.1 Å². The van der Waals surface area contributed by atoms with Crippen LogP contribution < -0.4 is 0 Å². The van der Waals surface area contributed by atoms with Gasteiger partial charge in [0.05, 0.1) is 11.4 Å². The Hall–Kier alpha value is -1.61. The lowest BCUT2D eigenvalue weighted by atomic mass is 10.2. The molecule has 0 saturated heterocycles. The topological polar surface area (TPSA) is 34.9 Å². The van der Waals surface area contributed by atoms with Crippen molar-refractivity contribution in [2.45, 2.75) is 32.6 Å². The van der Waals surface area contributed by atoms with Gasteiger partial charge in [0.15, 0.2) is 0 Å². The van der Waals surface area contributed by atoms with Gasteiger partial charge in [0.25, 0.3) is 0 Å². The summed E-state index contributed by atoms with van der Waals surface area (Å²) in [7, 11) is 0. The van der Waals surface area contributed by atoms with E-state index < -0.39 is 0 Å². The van der Waals surface area contributed by atoms with Crippen LogP contribution in [0.2, 0.25) is 5.02 Å². The van der Waals surface area contributed by atoms with E-state index in [1.807, 2.05) is 28.9 Å². The number of carbonyl (C=O) groups excluding carboxylic acids is 1. The number of benzene rings is 1. The van der Waals surface area contributed by atoms with Gasteiger partial charge < -0.3 is 4.79 Å². The van der Waals surface area contributed by atoms with Crippen molar-refractivity contribution in [3.8, 4) is 5.69 Å². The second-order valence-corrected chi connectivity index (χ2v) is 4.91. The van der Waals surface area contributed by atoms with Crippen molar-refractivity contribution in [1.29, 1.82) is 0 Å². The molecule has 0 saturated carbocycles. The first-order chi connectivity index (χ1) is 9.24. The van der Waals surface area contributed by atoms with E-state index in [0.717, 1.165) is 36.2 Å². The number of nitrogens with zero attached hydrogens (tertiary/aromatic N) is 2. The molecule has 0 aliphatic heterocycles. The van der Waals surface area contributed by atoms with Crippen LogP contribution in [0.1, 0.15) is 31.2 Å². The van der Waals surface area contributed by atoms with Crippen LogP contribution in [0.15, 0.2) is 30.3 Å². The first-order valence-corrected chi connectivity index (χ1v) is 6.89. The molecule has 0 bridgehead atoms. The number of hydrogen-bond acceptors (Lipinski definition) is 2. The summed E-state index contributed by atoms with van der Waals surface area (Å²) in [5.74, 6) is 0. The quantitative estimate of drug-likeness (QED) is 0.756. The summed E-state index contributed by atoms with van der Waals surface area (Å²) in [6.45, 7) is 2.13. The molecule has 100 valence electrons. The summed E-state index contributed by atoms with van der Waals surface area (Å²) in [6, 6.07) is 9.68. The largest absolute Gasteiger partial charge is 0.303 e. The van der Waals surface area contributed by atoms with Crippen molar-refractivity contribution in [3.63, 3.8) is 0 Å². The van der Waals surface area contributed by atoms with Gasteiger partial charge in [0.2, 0.25) is 0 Å². The zero-order valence-corrected chi connectivity index (χ0v) is 11.7. The highest BCUT2D eigenvalue weighted by Gasteiger charge is 2.09. The Balaban J connectivity index is 2.38. The summed E-state index contributed by atoms with van der Waals surface area (Å²) in [5.41, 5.74) is 3.05. The lowest BCUT2D eigenvalue weighted by Gasteiger charge is -2.06. The summed E-state index contributed by atoms with van der Waals surface area (Å²) in [4.78, 5) is 10.6. The second-order valence-electron chi connectivity index (χ2n) is 4.47. The van der Waals surface area contributed by atoms with E-state index in [-0.39, 0.29) is 0 Å². The number of carbonyl (C=O) groups is 1. The fourth-order valence-electron chi connectivity index (χ4n) is 2.07. The van der Waals surface area contributed by atoms with Crippen molar-refractivity contribution in [1.82, 2.24) is 9.78 Å². The summed E-state index contributed by atoms with van der Waals surface area (Å²) in [5, 5.41) is 5.29. The van der Waals surface area contributed by atoms with Gasteiger partial charge in [-0.2, -0.15) is 5.10 Å². The van der Waals surface area contributed by atoms with Gasteiger partial charge in [-0.05, 0) is 37.1 Å². The Morgan fingerprint density at radius 2 is 2.16 bits per heavy atom. The molecule has 0 fully saturated rings. The molecular weight excluding hydrogens is 260 g/mol. The van der Waals surface area contributed by atoms with Crippen molar-refractivity contribution >= 4 is 17.9 Å². The molecule has 0 unspecified atom stereocenters. The molecule has 2 rings (SSSR count). The van der Waals surface area contributed by atoms with E-state index in [1.54, 1.807) is 0 Å². The van der Waals surface area contributed by atoms with Gasteiger partial charge in [0, 0.05) is 17.1 Å². The van der Waals surface area contributed by atoms with Crippen molar-refractivity contribution < 1.29 is 4.79 Å². The molecule has 0 N–H and O–H groups in total. The van der Waals surface area contributed by atoms with Crippen LogP contribution in [0.3, 0.4) is 0 Å². The minimum atomic E-state index is 0.512. The third-order valence-corrected chi connectivity index (χ3v) is 3.15. The third-order valence-electron chi connectivity index (χ3n) is 2.91. The second kappa shape index (κ2) is 6.53. The van der Waals surface area contributed by atoms with Gasteiger partial charge in [-0.1, -0.05) is 31.0 Å². The molecule has 2 aromatic rings. The number of aryl methyl sites for hydroxylation is 2. The average Bonchev–Trinajstić information content (AvgIpc) is 2.80. The Labute approximate surface area is 118 Å². The number of hydrogen-bond donors (Lipinski definition) is 0. The van der Waals surface area contributed by atoms with Gasteiger partial charge in [-0.25, -0.2) is 4.68 Å². The SMILES string of the molecule is CCCc1cc(CCC=O)n(-c2cccc(Cl)c2)n1. The molecule has 0 spiro atoms. The maximum atomic E-state index is 10.6. The zero-order chi connectivity index (χ0) is 13.7. The standard InChI is InChI=1S/C15H17ClN2O/c1-2-5-13-11-15(8-4-9-19)18(17-13)14-7-3-6-12(16)10-14/h3,6-7,9-11H,2,4-5,8H2,1H3. The Bertz CT molecular complexity index is 563. The Morgan fingerprint density at radius 3 is 2.84 bits per heavy atom. The van der Waals surface area contributed by atoms with Gasteiger partial charge in [-0.15, -0.1) is 0 Å². The average molecular weight is 277 g/mol. The van der Waals surface area contributed by atoms with Crippen LogP contribution in [0.5, 0.6) is 0 Å². The van der Waals surface area contributed by atoms with Crippen molar-refractivity contribution in [3.05, 3.63) is 46.7 Å². The van der Waals surface area contributed by atoms with E-state index in [0.29, 0.717) is 17.9 Å². The summed E-state index contributed by atoms with van der Waals surface area (Å²) >= 11 is 6.02. The van der Waals surface area contributed by atoms with Crippen molar-refractivity contribution in [2.24, 2.45) is 0 Å². The number of aldehydes is 1. The molecule has 4 heteroatoms. The predicted octanol–water partition coefficient (Wildman–Crippen LogP) is 3.61. The fourth-order valence-corrected chi connectivity index (χ4v) is 2.25. The van der Waals surface area contributed by atoms with Crippen LogP contribution in [0, 0.1) is 0 Å². The highest BCUT2D eigenvalue weighted by atomic mass is 35.5. The lowest BCUT2D eigenvalue weighted by molar-refractivity contribution is -0.107. The van der Waals surface area contributed by atoms with E-state index in [9.17, 15) is 4.79 Å². The predicted molar refractivity (Wildman–Crippen MR) is 77.0 cm³/mol. The maximum absolute atomic E-state index is 10.6. The van der Waals surface area contributed by atoms with Crippen LogP contribution >= 0.6 is 11.6 Å². The lowest BCUT2D eigenvalue weighted by Crippen LogP contribution is -2.02. The number of aromatic nitrogens is 2. The fraction of sp³-hybridized carbons (Fsp3) is 0.333. The van der Waals surface area contributed by atoms with Gasteiger partial charge >= 0.3 is 0 Å². The Kier molecular flexibility index (Phi) is 4.74. The molecule has 1 heterocycles. The molecule has 0 aliphatic rings. The van der Waals surface area contributed by atoms with Crippen molar-refractivity contribution in [2.75, 3.05) is 0 Å². The van der Waals surface area contributed by atoms with Crippen LogP contribution in [0.25, 0.3) is 5.69 Å². The van der Waals surface area contributed by atoms with Crippen LogP contribution in [-0.2, 0) is 17.6 Å². The highest BCUT2D eigenvalue weighted by Crippen LogP contribution is 2.18. The maximum Gasteiger partial charge on any atom is 0.120 e. The third kappa shape index (κ3) is 3.44. The van der Waals surface area contributed by atoms with E-state index in [4.69, 9.17) is 11.6 Å². The molecule has 1 aromatic carbocycles. The normalized spacial score (nSPS) is 10.6. The molecular formula is C15H17ClN2O. The first-order valence-electron chi connectivity index (χ1n) is 6.52. The van der Waals surface area contributed by atoms with E-state index in [2.05, 4.69) is 18.1 Å². The molecule has 0 aliphatic carbocycles. The molecule has 0 radical (unpaired) electrons. The smallest absolute Gasteiger partial charge is 0.120 e.